The van der Waals surface area contributed by atoms with E-state index in [2.05, 4.69) is 46.9 Å². The van der Waals surface area contributed by atoms with Crippen LogP contribution in [-0.2, 0) is 19.9 Å². The van der Waals surface area contributed by atoms with Crippen LogP contribution in [0.4, 0.5) is 0 Å². The first-order valence-corrected chi connectivity index (χ1v) is 8.00. The molecule has 2 atom stereocenters. The Morgan fingerprint density at radius 2 is 1.86 bits per heavy atom. The van der Waals surface area contributed by atoms with Crippen LogP contribution in [0, 0.1) is 0 Å². The van der Waals surface area contributed by atoms with Gasteiger partial charge in [0.25, 0.3) is 0 Å². The van der Waals surface area contributed by atoms with E-state index >= 15 is 0 Å². The molecule has 0 fully saturated rings. The van der Waals surface area contributed by atoms with Gasteiger partial charge >= 0.3 is 0 Å². The smallest absolute Gasteiger partial charge is 0.125 e. The zero-order valence-corrected chi connectivity index (χ0v) is 13.3. The Hall–Kier alpha value is -1.61. The molecule has 0 radical (unpaired) electrons. The number of hydrogen-bond donors (Lipinski definition) is 1. The largest absolute Gasteiger partial charge is 0.337 e. The van der Waals surface area contributed by atoms with Crippen LogP contribution in [0.3, 0.4) is 0 Å². The second-order valence-electron chi connectivity index (χ2n) is 6.24. The summed E-state index contributed by atoms with van der Waals surface area (Å²) in [6.45, 7) is 4.42. The number of rotatable bonds is 4. The van der Waals surface area contributed by atoms with Crippen molar-refractivity contribution in [2.75, 3.05) is 0 Å². The summed E-state index contributed by atoms with van der Waals surface area (Å²) in [6.07, 6.45) is 9.03. The molecule has 0 bridgehead atoms. The van der Waals surface area contributed by atoms with Crippen LogP contribution < -0.4 is 5.32 Å². The van der Waals surface area contributed by atoms with E-state index in [0.717, 1.165) is 5.82 Å². The van der Waals surface area contributed by atoms with E-state index in [4.69, 9.17) is 0 Å². The molecule has 21 heavy (non-hydrogen) atoms. The summed E-state index contributed by atoms with van der Waals surface area (Å²) in [4.78, 5) is 4.43. The third-order valence-electron chi connectivity index (χ3n) is 4.62. The summed E-state index contributed by atoms with van der Waals surface area (Å²) in [5.74, 6) is 1.08. The lowest BCUT2D eigenvalue weighted by atomic mass is 9.89. The Kier molecular flexibility index (Phi) is 4.11. The van der Waals surface area contributed by atoms with Crippen LogP contribution >= 0.6 is 0 Å². The molecule has 3 rings (SSSR count). The fourth-order valence-corrected chi connectivity index (χ4v) is 3.36. The third-order valence-corrected chi connectivity index (χ3v) is 4.62. The summed E-state index contributed by atoms with van der Waals surface area (Å²) >= 11 is 0. The van der Waals surface area contributed by atoms with Gasteiger partial charge < -0.3 is 9.88 Å². The normalized spacial score (nSPS) is 17.3. The van der Waals surface area contributed by atoms with Gasteiger partial charge in [-0.1, -0.05) is 18.2 Å². The number of aromatic nitrogens is 2. The first kappa shape index (κ1) is 14.3. The summed E-state index contributed by atoms with van der Waals surface area (Å²) < 4.78 is 2.08. The Balaban J connectivity index is 1.73. The molecule has 0 saturated heterocycles. The molecule has 0 saturated carbocycles. The minimum atomic E-state index is 0.246. The number of fused-ring (bicyclic) bond motifs is 1. The number of aryl methyl sites for hydroxylation is 3. The molecule has 3 heteroatoms. The van der Waals surface area contributed by atoms with E-state index in [-0.39, 0.29) is 6.04 Å². The Bertz CT molecular complexity index is 615. The molecule has 1 aromatic carbocycles. The average Bonchev–Trinajstić information content (AvgIpc) is 2.93. The van der Waals surface area contributed by atoms with Crippen LogP contribution in [0.1, 0.15) is 61.3 Å². The van der Waals surface area contributed by atoms with Gasteiger partial charge in [-0.3, -0.25) is 0 Å². The molecule has 0 amide bonds. The number of nitrogens with zero attached hydrogens (tertiary/aromatic N) is 2. The molecule has 1 aromatic heterocycles. The van der Waals surface area contributed by atoms with Crippen molar-refractivity contribution >= 4 is 0 Å². The van der Waals surface area contributed by atoms with Gasteiger partial charge in [-0.25, -0.2) is 4.98 Å². The topological polar surface area (TPSA) is 29.9 Å². The molecule has 1 heterocycles. The predicted octanol–water partition coefficient (Wildman–Crippen LogP) is 3.71. The first-order valence-electron chi connectivity index (χ1n) is 8.00. The van der Waals surface area contributed by atoms with Crippen molar-refractivity contribution in [3.63, 3.8) is 0 Å². The van der Waals surface area contributed by atoms with E-state index in [9.17, 15) is 0 Å². The molecule has 1 aliphatic rings. The van der Waals surface area contributed by atoms with Crippen molar-refractivity contribution in [1.82, 2.24) is 14.9 Å². The SMILES string of the molecule is CC(NC(C)c1nccn1C)c1ccc2c(c1)CCCC2. The molecule has 0 spiro atoms. The highest BCUT2D eigenvalue weighted by Gasteiger charge is 2.16. The summed E-state index contributed by atoms with van der Waals surface area (Å²) in [6, 6.07) is 7.59. The molecule has 2 aromatic rings. The number of imidazole rings is 1. The van der Waals surface area contributed by atoms with Crippen molar-refractivity contribution in [1.29, 1.82) is 0 Å². The zero-order valence-electron chi connectivity index (χ0n) is 13.3. The summed E-state index contributed by atoms with van der Waals surface area (Å²) in [5, 5.41) is 3.66. The summed E-state index contributed by atoms with van der Waals surface area (Å²) in [7, 11) is 2.05. The van der Waals surface area contributed by atoms with Gasteiger partial charge in [0.15, 0.2) is 0 Å². The van der Waals surface area contributed by atoms with Crippen LogP contribution in [0.2, 0.25) is 0 Å². The Morgan fingerprint density at radius 1 is 1.10 bits per heavy atom. The van der Waals surface area contributed by atoms with Crippen molar-refractivity contribution in [2.24, 2.45) is 7.05 Å². The minimum absolute atomic E-state index is 0.246. The van der Waals surface area contributed by atoms with E-state index in [0.29, 0.717) is 6.04 Å². The number of benzene rings is 1. The molecule has 112 valence electrons. The second-order valence-corrected chi connectivity index (χ2v) is 6.24. The highest BCUT2D eigenvalue weighted by molar-refractivity contribution is 5.35. The third kappa shape index (κ3) is 3.03. The maximum absolute atomic E-state index is 4.43. The lowest BCUT2D eigenvalue weighted by Gasteiger charge is -2.23. The van der Waals surface area contributed by atoms with Gasteiger partial charge in [-0.2, -0.15) is 0 Å². The monoisotopic (exact) mass is 283 g/mol. The zero-order chi connectivity index (χ0) is 14.8. The maximum Gasteiger partial charge on any atom is 0.125 e. The van der Waals surface area contributed by atoms with Gasteiger partial charge in [0, 0.05) is 25.5 Å². The average molecular weight is 283 g/mol. The van der Waals surface area contributed by atoms with Gasteiger partial charge in [0.2, 0.25) is 0 Å². The molecule has 0 aliphatic heterocycles. The van der Waals surface area contributed by atoms with Gasteiger partial charge in [0.05, 0.1) is 6.04 Å². The minimum Gasteiger partial charge on any atom is -0.337 e. The van der Waals surface area contributed by atoms with E-state index in [1.165, 1.54) is 31.2 Å². The lowest BCUT2D eigenvalue weighted by Crippen LogP contribution is -2.25. The maximum atomic E-state index is 4.43. The van der Waals surface area contributed by atoms with E-state index in [1.54, 1.807) is 11.1 Å². The fraction of sp³-hybridized carbons (Fsp3) is 0.500. The molecule has 1 aliphatic carbocycles. The van der Waals surface area contributed by atoms with E-state index in [1.807, 2.05) is 19.4 Å². The van der Waals surface area contributed by atoms with Gasteiger partial charge in [-0.05, 0) is 56.2 Å². The van der Waals surface area contributed by atoms with E-state index < -0.39 is 0 Å². The predicted molar refractivity (Wildman–Crippen MR) is 86.3 cm³/mol. The van der Waals surface area contributed by atoms with Crippen molar-refractivity contribution < 1.29 is 0 Å². The van der Waals surface area contributed by atoms with Gasteiger partial charge in [-0.15, -0.1) is 0 Å². The van der Waals surface area contributed by atoms with Crippen molar-refractivity contribution in [3.05, 3.63) is 53.1 Å². The van der Waals surface area contributed by atoms with Crippen LogP contribution in [-0.4, -0.2) is 9.55 Å². The first-order chi connectivity index (χ1) is 10.1. The fourth-order valence-electron chi connectivity index (χ4n) is 3.36. The van der Waals surface area contributed by atoms with Crippen molar-refractivity contribution in [3.8, 4) is 0 Å². The summed E-state index contributed by atoms with van der Waals surface area (Å²) in [5.41, 5.74) is 4.49. The van der Waals surface area contributed by atoms with Crippen LogP contribution in [0.25, 0.3) is 0 Å². The molecular weight excluding hydrogens is 258 g/mol. The lowest BCUT2D eigenvalue weighted by molar-refractivity contribution is 0.466. The van der Waals surface area contributed by atoms with Gasteiger partial charge in [0.1, 0.15) is 5.82 Å². The molecular formula is C18H25N3. The van der Waals surface area contributed by atoms with Crippen LogP contribution in [0.15, 0.2) is 30.6 Å². The Labute approximate surface area is 127 Å². The number of hydrogen-bond acceptors (Lipinski definition) is 2. The highest BCUT2D eigenvalue weighted by atomic mass is 15.1. The van der Waals surface area contributed by atoms with Crippen LogP contribution in [0.5, 0.6) is 0 Å². The number of nitrogens with one attached hydrogen (secondary N) is 1. The molecule has 1 N–H and O–H groups in total. The molecule has 2 unspecified atom stereocenters. The quantitative estimate of drug-likeness (QED) is 0.927. The second kappa shape index (κ2) is 6.02. The molecule has 3 nitrogen and oxygen atoms in total. The Morgan fingerprint density at radius 3 is 2.57 bits per heavy atom. The standard InChI is InChI=1S/C18H25N3/c1-13(20-14(2)18-19-10-11-21(18)3)16-9-8-15-6-4-5-7-17(15)12-16/h8-14,20H,4-7H2,1-3H3. The highest BCUT2D eigenvalue weighted by Crippen LogP contribution is 2.25. The van der Waals surface area contributed by atoms with Crippen molar-refractivity contribution in [2.45, 2.75) is 51.6 Å².